The summed E-state index contributed by atoms with van der Waals surface area (Å²) in [4.78, 5) is 12.6. The van der Waals surface area contributed by atoms with Gasteiger partial charge in [0.15, 0.2) is 5.78 Å². The summed E-state index contributed by atoms with van der Waals surface area (Å²) in [5.74, 6) is 1.21. The normalized spacial score (nSPS) is 21.9. The second-order valence-electron chi connectivity index (χ2n) is 6.29. The van der Waals surface area contributed by atoms with Crippen LogP contribution >= 0.6 is 0 Å². The lowest BCUT2D eigenvalue weighted by Crippen LogP contribution is -2.30. The highest BCUT2D eigenvalue weighted by Gasteiger charge is 2.35. The van der Waals surface area contributed by atoms with Crippen molar-refractivity contribution < 1.29 is 9.53 Å². The van der Waals surface area contributed by atoms with E-state index in [2.05, 4.69) is 6.92 Å². The Morgan fingerprint density at radius 3 is 2.32 bits per heavy atom. The molecule has 0 aliphatic heterocycles. The van der Waals surface area contributed by atoms with E-state index in [9.17, 15) is 4.79 Å². The maximum Gasteiger partial charge on any atom is 0.168 e. The second kappa shape index (κ2) is 4.99. The van der Waals surface area contributed by atoms with E-state index in [1.165, 1.54) is 32.1 Å². The maximum absolute atomic E-state index is 12.6. The first-order valence-corrected chi connectivity index (χ1v) is 7.49. The van der Waals surface area contributed by atoms with E-state index < -0.39 is 0 Å². The van der Waals surface area contributed by atoms with E-state index in [1.54, 1.807) is 0 Å². The summed E-state index contributed by atoms with van der Waals surface area (Å²) in [5, 5.41) is 0. The van der Waals surface area contributed by atoms with Gasteiger partial charge in [0.1, 0.15) is 5.75 Å². The smallest absolute Gasteiger partial charge is 0.168 e. The number of carbonyl (C=O) groups excluding carboxylic acids is 1. The summed E-state index contributed by atoms with van der Waals surface area (Å²) in [6.45, 7) is 2.13. The van der Waals surface area contributed by atoms with Gasteiger partial charge in [-0.3, -0.25) is 4.79 Å². The molecule has 0 unspecified atom stereocenters. The average Bonchev–Trinajstić information content (AvgIpc) is 3.24. The van der Waals surface area contributed by atoms with Crippen molar-refractivity contribution in [3.63, 3.8) is 0 Å². The molecule has 0 aromatic heterocycles. The highest BCUT2D eigenvalue weighted by Crippen LogP contribution is 2.38. The summed E-state index contributed by atoms with van der Waals surface area (Å²) in [5.41, 5.74) is 0.699. The van der Waals surface area contributed by atoms with Crippen molar-refractivity contribution in [2.24, 2.45) is 5.41 Å². The molecule has 0 bridgehead atoms. The Labute approximate surface area is 115 Å². The van der Waals surface area contributed by atoms with Crippen LogP contribution in [0.15, 0.2) is 24.3 Å². The first kappa shape index (κ1) is 12.7. The molecule has 2 fully saturated rings. The Morgan fingerprint density at radius 2 is 1.74 bits per heavy atom. The van der Waals surface area contributed by atoms with Gasteiger partial charge < -0.3 is 4.74 Å². The molecule has 1 aromatic rings. The van der Waals surface area contributed by atoms with Gasteiger partial charge in [-0.1, -0.05) is 26.2 Å². The largest absolute Gasteiger partial charge is 0.490 e. The summed E-state index contributed by atoms with van der Waals surface area (Å²) in [7, 11) is 0. The molecular weight excluding hydrogens is 236 g/mol. The molecule has 102 valence electrons. The molecule has 2 aliphatic carbocycles. The van der Waals surface area contributed by atoms with Crippen molar-refractivity contribution in [2.75, 3.05) is 0 Å². The molecule has 2 heteroatoms. The Kier molecular flexibility index (Phi) is 3.34. The number of hydrogen-bond donors (Lipinski definition) is 0. The molecular formula is C17H22O2. The number of ether oxygens (including phenoxy) is 1. The topological polar surface area (TPSA) is 26.3 Å². The van der Waals surface area contributed by atoms with Gasteiger partial charge in [-0.05, 0) is 49.9 Å². The molecule has 0 N–H and O–H groups in total. The number of Topliss-reactive ketones (excluding diaryl/α,β-unsaturated/α-hetero) is 1. The lowest BCUT2D eigenvalue weighted by atomic mass is 9.71. The molecule has 0 heterocycles. The van der Waals surface area contributed by atoms with E-state index in [-0.39, 0.29) is 5.41 Å². The minimum absolute atomic E-state index is 0.142. The highest BCUT2D eigenvalue weighted by atomic mass is 16.5. The van der Waals surface area contributed by atoms with E-state index >= 15 is 0 Å². The summed E-state index contributed by atoms with van der Waals surface area (Å²) >= 11 is 0. The van der Waals surface area contributed by atoms with Crippen LogP contribution in [0.25, 0.3) is 0 Å². The van der Waals surface area contributed by atoms with E-state index in [1.807, 2.05) is 24.3 Å². The molecule has 0 spiro atoms. The lowest BCUT2D eigenvalue weighted by molar-refractivity contribution is 0.0749. The zero-order valence-electron chi connectivity index (χ0n) is 11.7. The summed E-state index contributed by atoms with van der Waals surface area (Å²) in [6, 6.07) is 7.75. The molecule has 3 rings (SSSR count). The quantitative estimate of drug-likeness (QED) is 0.749. The van der Waals surface area contributed by atoms with Gasteiger partial charge in [0.05, 0.1) is 6.10 Å². The number of hydrogen-bond acceptors (Lipinski definition) is 2. The molecule has 0 radical (unpaired) electrons. The van der Waals surface area contributed by atoms with Gasteiger partial charge >= 0.3 is 0 Å². The van der Waals surface area contributed by atoms with Crippen LogP contribution in [0.5, 0.6) is 5.75 Å². The second-order valence-corrected chi connectivity index (χ2v) is 6.29. The molecule has 1 aromatic carbocycles. The molecule has 0 saturated heterocycles. The Balaban J connectivity index is 1.71. The van der Waals surface area contributed by atoms with Crippen LogP contribution in [-0.2, 0) is 0 Å². The number of benzene rings is 1. The fraction of sp³-hybridized carbons (Fsp3) is 0.588. The zero-order chi connectivity index (χ0) is 13.3. The first-order valence-electron chi connectivity index (χ1n) is 7.49. The van der Waals surface area contributed by atoms with Crippen molar-refractivity contribution in [3.8, 4) is 5.75 Å². The Morgan fingerprint density at radius 1 is 1.11 bits per heavy atom. The fourth-order valence-electron chi connectivity index (χ4n) is 2.97. The molecule has 0 atom stereocenters. The van der Waals surface area contributed by atoms with E-state index in [0.29, 0.717) is 11.9 Å². The highest BCUT2D eigenvalue weighted by molar-refractivity contribution is 6.00. The molecule has 19 heavy (non-hydrogen) atoms. The monoisotopic (exact) mass is 258 g/mol. The van der Waals surface area contributed by atoms with Crippen molar-refractivity contribution in [1.82, 2.24) is 0 Å². The zero-order valence-corrected chi connectivity index (χ0v) is 11.7. The Bertz CT molecular complexity index is 451. The molecule has 2 nitrogen and oxygen atoms in total. The minimum atomic E-state index is -0.142. The number of rotatable bonds is 4. The van der Waals surface area contributed by atoms with Gasteiger partial charge in [-0.2, -0.15) is 0 Å². The van der Waals surface area contributed by atoms with Gasteiger partial charge in [-0.25, -0.2) is 0 Å². The molecule has 0 amide bonds. The van der Waals surface area contributed by atoms with Gasteiger partial charge in [0.25, 0.3) is 0 Å². The van der Waals surface area contributed by atoms with Crippen molar-refractivity contribution in [2.45, 2.75) is 58.0 Å². The summed E-state index contributed by atoms with van der Waals surface area (Å²) in [6.07, 6.45) is 8.46. The third-order valence-corrected chi connectivity index (χ3v) is 4.45. The van der Waals surface area contributed by atoms with Crippen LogP contribution in [0.3, 0.4) is 0 Å². The Hall–Kier alpha value is -1.31. The minimum Gasteiger partial charge on any atom is -0.490 e. The SMILES string of the molecule is CC1(C(=O)c2ccc(OC3CC3)cc2)CCCCC1. The molecule has 2 saturated carbocycles. The van der Waals surface area contributed by atoms with E-state index in [4.69, 9.17) is 4.74 Å². The van der Waals surface area contributed by atoms with Crippen molar-refractivity contribution in [1.29, 1.82) is 0 Å². The van der Waals surface area contributed by atoms with Gasteiger partial charge in [0.2, 0.25) is 0 Å². The van der Waals surface area contributed by atoms with Crippen LogP contribution in [0.1, 0.15) is 62.2 Å². The van der Waals surface area contributed by atoms with Gasteiger partial charge in [0, 0.05) is 11.0 Å². The standard InChI is InChI=1S/C17H22O2/c1-17(11-3-2-4-12-17)16(18)13-5-7-14(8-6-13)19-15-9-10-15/h5-8,15H,2-4,9-12H2,1H3. The van der Waals surface area contributed by atoms with Crippen LogP contribution in [0.2, 0.25) is 0 Å². The van der Waals surface area contributed by atoms with Crippen LogP contribution in [0, 0.1) is 5.41 Å². The third kappa shape index (κ3) is 2.83. The first-order chi connectivity index (χ1) is 9.17. The average molecular weight is 258 g/mol. The predicted octanol–water partition coefficient (Wildman–Crippen LogP) is 4.38. The predicted molar refractivity (Wildman–Crippen MR) is 75.6 cm³/mol. The molecule has 2 aliphatic rings. The third-order valence-electron chi connectivity index (χ3n) is 4.45. The summed E-state index contributed by atoms with van der Waals surface area (Å²) < 4.78 is 5.72. The lowest BCUT2D eigenvalue weighted by Gasteiger charge is -2.32. The van der Waals surface area contributed by atoms with Crippen LogP contribution in [-0.4, -0.2) is 11.9 Å². The number of ketones is 1. The fourth-order valence-corrected chi connectivity index (χ4v) is 2.97. The maximum atomic E-state index is 12.6. The van der Waals surface area contributed by atoms with Crippen LogP contribution in [0.4, 0.5) is 0 Å². The van der Waals surface area contributed by atoms with Crippen LogP contribution < -0.4 is 4.74 Å². The van der Waals surface area contributed by atoms with Crippen molar-refractivity contribution in [3.05, 3.63) is 29.8 Å². The van der Waals surface area contributed by atoms with Crippen molar-refractivity contribution >= 4 is 5.78 Å². The number of carbonyl (C=O) groups is 1. The van der Waals surface area contributed by atoms with Gasteiger partial charge in [-0.15, -0.1) is 0 Å². The van der Waals surface area contributed by atoms with E-state index in [0.717, 1.165) is 24.2 Å².